The molecule has 0 aliphatic carbocycles. The molecule has 1 amide bonds. The van der Waals surface area contributed by atoms with Gasteiger partial charge in [-0.05, 0) is 54.8 Å². The highest BCUT2D eigenvalue weighted by atomic mass is 32.2. The summed E-state index contributed by atoms with van der Waals surface area (Å²) in [6, 6.07) is 14.7. The molecule has 6 nitrogen and oxygen atoms in total. The summed E-state index contributed by atoms with van der Waals surface area (Å²) in [5.41, 5.74) is 2.70. The number of carbonyl (C=O) groups is 1. The van der Waals surface area contributed by atoms with E-state index >= 15 is 0 Å². The first-order valence-electron chi connectivity index (χ1n) is 9.89. The summed E-state index contributed by atoms with van der Waals surface area (Å²) in [7, 11) is -1.53. The lowest BCUT2D eigenvalue weighted by Crippen LogP contribution is -2.44. The SMILES string of the molecule is CCS(=O)(=O)c1ccc(N2CCC(NC(=O)c3ccc(COC)cc3)CC2)cc1. The lowest BCUT2D eigenvalue weighted by Gasteiger charge is -2.34. The number of rotatable bonds is 7. The molecular formula is C22H28N2O4S. The third-order valence-corrected chi connectivity index (χ3v) is 7.05. The molecule has 0 spiro atoms. The van der Waals surface area contributed by atoms with Gasteiger partial charge in [-0.15, -0.1) is 0 Å². The molecule has 1 aliphatic rings. The van der Waals surface area contributed by atoms with Crippen LogP contribution in [0.2, 0.25) is 0 Å². The Kier molecular flexibility index (Phi) is 6.92. The van der Waals surface area contributed by atoms with Gasteiger partial charge < -0.3 is 15.0 Å². The molecule has 0 unspecified atom stereocenters. The van der Waals surface area contributed by atoms with Gasteiger partial charge in [-0.1, -0.05) is 19.1 Å². The van der Waals surface area contributed by atoms with Gasteiger partial charge >= 0.3 is 0 Å². The van der Waals surface area contributed by atoms with Gasteiger partial charge in [-0.25, -0.2) is 8.42 Å². The number of benzene rings is 2. The molecule has 2 aromatic rings. The Labute approximate surface area is 172 Å². The van der Waals surface area contributed by atoms with E-state index in [9.17, 15) is 13.2 Å². The fraction of sp³-hybridized carbons (Fsp3) is 0.409. The average molecular weight is 417 g/mol. The summed E-state index contributed by atoms with van der Waals surface area (Å²) in [6.45, 7) is 3.82. The summed E-state index contributed by atoms with van der Waals surface area (Å²) in [5.74, 6) is 0.0496. The number of carbonyl (C=O) groups excluding carboxylic acids is 1. The van der Waals surface area contributed by atoms with Crippen LogP contribution in [0.4, 0.5) is 5.69 Å². The van der Waals surface area contributed by atoms with Crippen molar-refractivity contribution in [3.63, 3.8) is 0 Å². The van der Waals surface area contributed by atoms with Crippen molar-refractivity contribution in [3.05, 3.63) is 59.7 Å². The Balaban J connectivity index is 1.53. The van der Waals surface area contributed by atoms with E-state index in [0.29, 0.717) is 17.1 Å². The number of hydrogen-bond acceptors (Lipinski definition) is 5. The molecule has 0 saturated carbocycles. The summed E-state index contributed by atoms with van der Waals surface area (Å²) in [4.78, 5) is 15.1. The first-order chi connectivity index (χ1) is 13.9. The molecule has 0 atom stereocenters. The van der Waals surface area contributed by atoms with Crippen LogP contribution in [-0.4, -0.2) is 46.3 Å². The molecule has 1 fully saturated rings. The lowest BCUT2D eigenvalue weighted by atomic mass is 10.0. The second kappa shape index (κ2) is 9.41. The predicted molar refractivity (Wildman–Crippen MR) is 114 cm³/mol. The topological polar surface area (TPSA) is 75.7 Å². The Hall–Kier alpha value is -2.38. The van der Waals surface area contributed by atoms with E-state index in [1.54, 1.807) is 26.2 Å². The fourth-order valence-corrected chi connectivity index (χ4v) is 4.38. The minimum absolute atomic E-state index is 0.0541. The van der Waals surface area contributed by atoms with E-state index in [-0.39, 0.29) is 17.7 Å². The monoisotopic (exact) mass is 416 g/mol. The number of sulfone groups is 1. The third-order valence-electron chi connectivity index (χ3n) is 5.30. The predicted octanol–water partition coefficient (Wildman–Crippen LogP) is 3.03. The maximum atomic E-state index is 12.5. The molecule has 1 saturated heterocycles. The van der Waals surface area contributed by atoms with Crippen molar-refractivity contribution in [1.82, 2.24) is 5.32 Å². The van der Waals surface area contributed by atoms with Gasteiger partial charge in [-0.2, -0.15) is 0 Å². The smallest absolute Gasteiger partial charge is 0.251 e. The number of anilines is 1. The average Bonchev–Trinajstić information content (AvgIpc) is 2.75. The summed E-state index contributed by atoms with van der Waals surface area (Å²) in [6.07, 6.45) is 1.70. The minimum Gasteiger partial charge on any atom is -0.380 e. The maximum absolute atomic E-state index is 12.5. The van der Waals surface area contributed by atoms with E-state index in [2.05, 4.69) is 10.2 Å². The zero-order valence-electron chi connectivity index (χ0n) is 16.9. The maximum Gasteiger partial charge on any atom is 0.251 e. The second-order valence-corrected chi connectivity index (χ2v) is 9.54. The van der Waals surface area contributed by atoms with E-state index in [1.165, 1.54) is 0 Å². The van der Waals surface area contributed by atoms with Gasteiger partial charge in [0.25, 0.3) is 5.91 Å². The van der Waals surface area contributed by atoms with Crippen LogP contribution in [0.15, 0.2) is 53.4 Å². The lowest BCUT2D eigenvalue weighted by molar-refractivity contribution is 0.0931. The number of piperidine rings is 1. The van der Waals surface area contributed by atoms with Crippen molar-refractivity contribution < 1.29 is 17.9 Å². The number of methoxy groups -OCH3 is 1. The standard InChI is InChI=1S/C22H28N2O4S/c1-3-29(26,27)21-10-8-20(9-11-21)24-14-12-19(13-15-24)23-22(25)18-6-4-17(5-7-18)16-28-2/h4-11,19H,3,12-16H2,1-2H3,(H,23,25). The van der Waals surface area contributed by atoms with Crippen LogP contribution in [0.25, 0.3) is 0 Å². The van der Waals surface area contributed by atoms with Crippen LogP contribution in [0.5, 0.6) is 0 Å². The molecule has 0 aromatic heterocycles. The highest BCUT2D eigenvalue weighted by Gasteiger charge is 2.22. The van der Waals surface area contributed by atoms with Crippen molar-refractivity contribution >= 4 is 21.4 Å². The van der Waals surface area contributed by atoms with Crippen LogP contribution in [0, 0.1) is 0 Å². The molecule has 2 aromatic carbocycles. The van der Waals surface area contributed by atoms with Gasteiger partial charge in [0.2, 0.25) is 0 Å². The van der Waals surface area contributed by atoms with Crippen molar-refractivity contribution in [2.75, 3.05) is 30.9 Å². The first kappa shape index (κ1) is 21.3. The zero-order valence-corrected chi connectivity index (χ0v) is 17.7. The van der Waals surface area contributed by atoms with Crippen LogP contribution >= 0.6 is 0 Å². The number of nitrogens with zero attached hydrogens (tertiary/aromatic N) is 1. The van der Waals surface area contributed by atoms with Crippen LogP contribution in [-0.2, 0) is 21.2 Å². The number of nitrogens with one attached hydrogen (secondary N) is 1. The fourth-order valence-electron chi connectivity index (χ4n) is 3.50. The largest absolute Gasteiger partial charge is 0.380 e. The molecule has 1 N–H and O–H groups in total. The summed E-state index contributed by atoms with van der Waals surface area (Å²) in [5, 5.41) is 3.12. The van der Waals surface area contributed by atoms with E-state index < -0.39 is 9.84 Å². The number of amides is 1. The molecule has 29 heavy (non-hydrogen) atoms. The summed E-state index contributed by atoms with van der Waals surface area (Å²) >= 11 is 0. The van der Waals surface area contributed by atoms with Crippen molar-refractivity contribution in [2.45, 2.75) is 37.3 Å². The molecule has 1 aliphatic heterocycles. The Morgan fingerprint density at radius 3 is 2.24 bits per heavy atom. The molecule has 156 valence electrons. The molecular weight excluding hydrogens is 388 g/mol. The Morgan fingerprint density at radius 2 is 1.69 bits per heavy atom. The van der Waals surface area contributed by atoms with E-state index in [0.717, 1.165) is 37.2 Å². The number of hydrogen-bond donors (Lipinski definition) is 1. The van der Waals surface area contributed by atoms with Crippen molar-refractivity contribution in [3.8, 4) is 0 Å². The van der Waals surface area contributed by atoms with Gasteiger partial charge in [0.1, 0.15) is 0 Å². The minimum atomic E-state index is -3.17. The molecule has 0 radical (unpaired) electrons. The normalized spacial score (nSPS) is 15.3. The van der Waals surface area contributed by atoms with Gasteiger partial charge in [0.05, 0.1) is 17.3 Å². The Bertz CT molecular complexity index is 916. The van der Waals surface area contributed by atoms with Gasteiger partial charge in [-0.3, -0.25) is 4.79 Å². The first-order valence-corrected chi connectivity index (χ1v) is 11.5. The Morgan fingerprint density at radius 1 is 1.07 bits per heavy atom. The van der Waals surface area contributed by atoms with Gasteiger partial charge in [0.15, 0.2) is 9.84 Å². The van der Waals surface area contributed by atoms with E-state index in [1.807, 2.05) is 36.4 Å². The number of ether oxygens (including phenoxy) is 1. The van der Waals surface area contributed by atoms with Crippen LogP contribution in [0.1, 0.15) is 35.7 Å². The highest BCUT2D eigenvalue weighted by Crippen LogP contribution is 2.22. The molecule has 3 rings (SSSR count). The highest BCUT2D eigenvalue weighted by molar-refractivity contribution is 7.91. The zero-order chi connectivity index (χ0) is 20.9. The van der Waals surface area contributed by atoms with Gasteiger partial charge in [0, 0.05) is 37.5 Å². The second-order valence-electron chi connectivity index (χ2n) is 7.26. The van der Waals surface area contributed by atoms with Crippen LogP contribution < -0.4 is 10.2 Å². The third kappa shape index (κ3) is 5.36. The van der Waals surface area contributed by atoms with Crippen molar-refractivity contribution in [2.24, 2.45) is 0 Å². The van der Waals surface area contributed by atoms with Crippen molar-refractivity contribution in [1.29, 1.82) is 0 Å². The quantitative estimate of drug-likeness (QED) is 0.751. The molecule has 7 heteroatoms. The molecule has 0 bridgehead atoms. The summed E-state index contributed by atoms with van der Waals surface area (Å²) < 4.78 is 29.0. The molecule has 1 heterocycles. The van der Waals surface area contributed by atoms with Crippen LogP contribution in [0.3, 0.4) is 0 Å². The van der Waals surface area contributed by atoms with E-state index in [4.69, 9.17) is 4.74 Å².